The first-order valence-corrected chi connectivity index (χ1v) is 10.5. The van der Waals surface area contributed by atoms with Gasteiger partial charge in [-0.15, -0.1) is 0 Å². The minimum absolute atomic E-state index is 0.0643. The van der Waals surface area contributed by atoms with Crippen LogP contribution < -0.4 is 0 Å². The van der Waals surface area contributed by atoms with E-state index in [1.165, 1.54) is 49.7 Å². The van der Waals surface area contributed by atoms with Gasteiger partial charge in [0.2, 0.25) is 20.0 Å². The van der Waals surface area contributed by atoms with Gasteiger partial charge in [-0.3, -0.25) is 4.68 Å². The summed E-state index contributed by atoms with van der Waals surface area (Å²) in [6, 6.07) is 7.12. The fourth-order valence-electron chi connectivity index (χ4n) is 2.28. The highest BCUT2D eigenvalue weighted by molar-refractivity contribution is 7.90. The number of aromatic nitrogens is 2. The molecule has 0 amide bonds. The van der Waals surface area contributed by atoms with Crippen LogP contribution in [0, 0.1) is 0 Å². The van der Waals surface area contributed by atoms with Crippen molar-refractivity contribution in [1.29, 1.82) is 0 Å². The summed E-state index contributed by atoms with van der Waals surface area (Å²) < 4.78 is 54.0. The van der Waals surface area contributed by atoms with Crippen molar-refractivity contribution in [3.05, 3.63) is 42.2 Å². The first kappa shape index (κ1) is 19.6. The predicted molar refractivity (Wildman–Crippen MR) is 93.9 cm³/mol. The molecule has 0 spiro atoms. The van der Waals surface area contributed by atoms with Crippen LogP contribution >= 0.6 is 0 Å². The van der Waals surface area contributed by atoms with Gasteiger partial charge >= 0.3 is 0 Å². The minimum Gasteiger partial charge on any atom is -0.269 e. The van der Waals surface area contributed by atoms with Crippen molar-refractivity contribution in [3.8, 4) is 0 Å². The third kappa shape index (κ3) is 3.92. The quantitative estimate of drug-likeness (QED) is 0.707. The molecule has 0 aliphatic carbocycles. The van der Waals surface area contributed by atoms with Gasteiger partial charge in [-0.1, -0.05) is 6.07 Å². The molecule has 0 radical (unpaired) electrons. The second-order valence-electron chi connectivity index (χ2n) is 5.66. The Morgan fingerprint density at radius 1 is 1.00 bits per heavy atom. The van der Waals surface area contributed by atoms with Gasteiger partial charge in [0.05, 0.1) is 22.0 Å². The minimum atomic E-state index is -3.84. The van der Waals surface area contributed by atoms with E-state index >= 15 is 0 Å². The van der Waals surface area contributed by atoms with Crippen molar-refractivity contribution in [2.24, 2.45) is 0 Å². The fraction of sp³-hybridized carbons (Fsp3) is 0.400. The maximum absolute atomic E-state index is 12.8. The molecule has 0 N–H and O–H groups in total. The smallest absolute Gasteiger partial charge is 0.243 e. The van der Waals surface area contributed by atoms with Crippen molar-refractivity contribution in [1.82, 2.24) is 18.4 Å². The van der Waals surface area contributed by atoms with Crippen LogP contribution in [-0.4, -0.2) is 56.4 Å². The zero-order valence-electron chi connectivity index (χ0n) is 14.6. The molecule has 10 heteroatoms. The molecule has 0 aliphatic heterocycles. The molecule has 0 unspecified atom stereocenters. The molecule has 1 aromatic heterocycles. The maximum Gasteiger partial charge on any atom is 0.243 e. The Morgan fingerprint density at radius 3 is 2.16 bits per heavy atom. The summed E-state index contributed by atoms with van der Waals surface area (Å²) in [6.45, 7) is 2.69. The lowest BCUT2D eigenvalue weighted by atomic mass is 10.4. The van der Waals surface area contributed by atoms with E-state index in [1.807, 2.05) is 6.92 Å². The average molecular weight is 386 g/mol. The summed E-state index contributed by atoms with van der Waals surface area (Å²) in [7, 11) is -3.30. The normalized spacial score (nSPS) is 12.9. The summed E-state index contributed by atoms with van der Waals surface area (Å²) >= 11 is 0. The van der Waals surface area contributed by atoms with Crippen molar-refractivity contribution in [2.75, 3.05) is 21.1 Å². The Bertz CT molecular complexity index is 949. The van der Waals surface area contributed by atoms with E-state index in [1.54, 1.807) is 16.9 Å². The van der Waals surface area contributed by atoms with E-state index in [0.29, 0.717) is 6.54 Å². The van der Waals surface area contributed by atoms with Gasteiger partial charge in [0.1, 0.15) is 0 Å². The number of benzene rings is 1. The van der Waals surface area contributed by atoms with Gasteiger partial charge in [0, 0.05) is 33.9 Å². The molecule has 2 aromatic rings. The Labute approximate surface area is 148 Å². The second-order valence-corrected chi connectivity index (χ2v) is 9.86. The molecule has 0 bridgehead atoms. The monoisotopic (exact) mass is 386 g/mol. The van der Waals surface area contributed by atoms with Gasteiger partial charge < -0.3 is 0 Å². The standard InChI is InChI=1S/C15H22N4O4S2/c1-5-19-13(9-10-16-19)12-18(4)25(22,23)15-8-6-7-14(11-15)24(20,21)17(2)3/h6-11H,5,12H2,1-4H3. The maximum atomic E-state index is 12.8. The van der Waals surface area contributed by atoms with Gasteiger partial charge in [-0.25, -0.2) is 21.1 Å². The molecule has 0 saturated heterocycles. The van der Waals surface area contributed by atoms with Crippen LogP contribution in [-0.2, 0) is 33.1 Å². The Balaban J connectivity index is 2.36. The number of aryl methyl sites for hydroxylation is 1. The third-order valence-corrected chi connectivity index (χ3v) is 7.39. The Morgan fingerprint density at radius 2 is 1.60 bits per heavy atom. The van der Waals surface area contributed by atoms with Crippen LogP contribution in [0.15, 0.2) is 46.3 Å². The van der Waals surface area contributed by atoms with Gasteiger partial charge in [0.15, 0.2) is 0 Å². The molecular weight excluding hydrogens is 364 g/mol. The highest BCUT2D eigenvalue weighted by Crippen LogP contribution is 2.21. The van der Waals surface area contributed by atoms with Crippen LogP contribution in [0.3, 0.4) is 0 Å². The van der Waals surface area contributed by atoms with E-state index in [4.69, 9.17) is 0 Å². The molecule has 0 fully saturated rings. The third-order valence-electron chi connectivity index (χ3n) is 3.78. The van der Waals surface area contributed by atoms with Gasteiger partial charge in [-0.05, 0) is 31.2 Å². The van der Waals surface area contributed by atoms with Crippen LogP contribution in [0.4, 0.5) is 0 Å². The predicted octanol–water partition coefficient (Wildman–Crippen LogP) is 0.974. The first-order valence-electron chi connectivity index (χ1n) is 7.60. The first-order chi connectivity index (χ1) is 11.6. The molecule has 138 valence electrons. The van der Waals surface area contributed by atoms with Gasteiger partial charge in [0.25, 0.3) is 0 Å². The summed E-state index contributed by atoms with van der Waals surface area (Å²) in [5.74, 6) is 0. The Hall–Kier alpha value is -1.75. The van der Waals surface area contributed by atoms with E-state index < -0.39 is 20.0 Å². The van der Waals surface area contributed by atoms with Crippen LogP contribution in [0.2, 0.25) is 0 Å². The molecule has 0 atom stereocenters. The number of hydrogen-bond donors (Lipinski definition) is 0. The number of nitrogens with zero attached hydrogens (tertiary/aromatic N) is 4. The van der Waals surface area contributed by atoms with Crippen molar-refractivity contribution in [3.63, 3.8) is 0 Å². The lowest BCUT2D eigenvalue weighted by molar-refractivity contribution is 0.447. The average Bonchev–Trinajstić information content (AvgIpc) is 3.01. The molecule has 25 heavy (non-hydrogen) atoms. The summed E-state index contributed by atoms with van der Waals surface area (Å²) in [5.41, 5.74) is 0.755. The van der Waals surface area contributed by atoms with Crippen LogP contribution in [0.5, 0.6) is 0 Å². The SMILES string of the molecule is CCn1nccc1CN(C)S(=O)(=O)c1cccc(S(=O)(=O)N(C)C)c1. The largest absolute Gasteiger partial charge is 0.269 e. The Kier molecular flexibility index (Phi) is 5.67. The molecule has 0 aliphatic rings. The molecule has 2 rings (SSSR count). The molecule has 8 nitrogen and oxygen atoms in total. The van der Waals surface area contributed by atoms with Crippen LogP contribution in [0.1, 0.15) is 12.6 Å². The summed E-state index contributed by atoms with van der Waals surface area (Å²) in [6.07, 6.45) is 1.61. The summed E-state index contributed by atoms with van der Waals surface area (Å²) in [5, 5.41) is 4.12. The zero-order chi connectivity index (χ0) is 18.8. The van der Waals surface area contributed by atoms with Crippen LogP contribution in [0.25, 0.3) is 0 Å². The fourth-order valence-corrected chi connectivity index (χ4v) is 4.49. The van der Waals surface area contributed by atoms with E-state index in [-0.39, 0.29) is 16.3 Å². The van der Waals surface area contributed by atoms with E-state index in [2.05, 4.69) is 5.10 Å². The van der Waals surface area contributed by atoms with Gasteiger partial charge in [-0.2, -0.15) is 9.40 Å². The topological polar surface area (TPSA) is 92.6 Å². The lowest BCUT2D eigenvalue weighted by Crippen LogP contribution is -2.28. The molecule has 1 aromatic carbocycles. The molecule has 1 heterocycles. The van der Waals surface area contributed by atoms with E-state index in [0.717, 1.165) is 10.00 Å². The summed E-state index contributed by atoms with van der Waals surface area (Å²) in [4.78, 5) is -0.133. The molecule has 0 saturated carbocycles. The molecular formula is C15H22N4O4S2. The lowest BCUT2D eigenvalue weighted by Gasteiger charge is -2.18. The second kappa shape index (κ2) is 7.24. The van der Waals surface area contributed by atoms with E-state index in [9.17, 15) is 16.8 Å². The number of hydrogen-bond acceptors (Lipinski definition) is 5. The van der Waals surface area contributed by atoms with Crippen molar-refractivity contribution < 1.29 is 16.8 Å². The highest BCUT2D eigenvalue weighted by Gasteiger charge is 2.25. The highest BCUT2D eigenvalue weighted by atomic mass is 32.2. The number of sulfonamides is 2. The number of rotatable bonds is 7. The van der Waals surface area contributed by atoms with Crippen molar-refractivity contribution >= 4 is 20.0 Å². The van der Waals surface area contributed by atoms with Crippen molar-refractivity contribution in [2.45, 2.75) is 29.8 Å². The zero-order valence-corrected chi connectivity index (χ0v) is 16.2.